The van der Waals surface area contributed by atoms with Gasteiger partial charge in [-0.25, -0.2) is 4.79 Å². The van der Waals surface area contributed by atoms with Gasteiger partial charge in [-0.05, 0) is 50.7 Å². The Morgan fingerprint density at radius 2 is 1.27 bits per heavy atom. The van der Waals surface area contributed by atoms with E-state index in [1.807, 2.05) is 33.8 Å². The van der Waals surface area contributed by atoms with Crippen LogP contribution in [-0.4, -0.2) is 36.0 Å². The Bertz CT molecular complexity index is 706. The summed E-state index contributed by atoms with van der Waals surface area (Å²) in [6.07, 6.45) is -1.49. The van der Waals surface area contributed by atoms with Crippen LogP contribution in [0.15, 0.2) is 18.2 Å². The minimum atomic E-state index is -4.26. The fourth-order valence-corrected chi connectivity index (χ4v) is 5.17. The molecule has 0 saturated carbocycles. The summed E-state index contributed by atoms with van der Waals surface area (Å²) in [7, 11) is -4.26. The second-order valence-electron chi connectivity index (χ2n) is 7.67. The van der Waals surface area contributed by atoms with Gasteiger partial charge in [0, 0.05) is 12.1 Å². The topological polar surface area (TPSA) is 77.9 Å². The van der Waals surface area contributed by atoms with E-state index in [2.05, 4.69) is 0 Å². The van der Waals surface area contributed by atoms with E-state index in [1.54, 1.807) is 39.8 Å². The van der Waals surface area contributed by atoms with Crippen LogP contribution in [0.2, 0.25) is 0 Å². The lowest BCUT2D eigenvalue weighted by molar-refractivity contribution is 0.204. The van der Waals surface area contributed by atoms with E-state index >= 15 is 0 Å². The molecule has 148 valence electrons. The molecule has 0 heterocycles. The van der Waals surface area contributed by atoms with Gasteiger partial charge in [-0.2, -0.15) is 17.0 Å². The van der Waals surface area contributed by atoms with Crippen molar-refractivity contribution in [2.24, 2.45) is 0 Å². The highest BCUT2D eigenvalue weighted by Crippen LogP contribution is 2.38. The molecular weight excluding hydrogens is 352 g/mol. The zero-order valence-corrected chi connectivity index (χ0v) is 17.8. The monoisotopic (exact) mass is 384 g/mol. The first kappa shape index (κ1) is 22.4. The van der Waals surface area contributed by atoms with Crippen molar-refractivity contribution in [2.75, 3.05) is 4.31 Å². The molecule has 0 aliphatic heterocycles. The molecule has 0 aliphatic carbocycles. The van der Waals surface area contributed by atoms with Gasteiger partial charge in [0.15, 0.2) is 0 Å². The van der Waals surface area contributed by atoms with Crippen LogP contribution in [0.5, 0.6) is 0 Å². The molecule has 1 amide bonds. The Labute approximate surface area is 158 Å². The zero-order valence-electron chi connectivity index (χ0n) is 17.0. The number of hydrogen-bond acceptors (Lipinski definition) is 3. The normalized spacial score (nSPS) is 12.7. The lowest BCUT2D eigenvalue weighted by Crippen LogP contribution is -2.52. The van der Waals surface area contributed by atoms with Gasteiger partial charge in [-0.15, -0.1) is 0 Å². The summed E-state index contributed by atoms with van der Waals surface area (Å²) in [5.41, 5.74) is 1.67. The maximum absolute atomic E-state index is 13.4. The van der Waals surface area contributed by atoms with Gasteiger partial charge in [-0.1, -0.05) is 45.9 Å². The van der Waals surface area contributed by atoms with Gasteiger partial charge < -0.3 is 5.11 Å². The average molecular weight is 385 g/mol. The van der Waals surface area contributed by atoms with E-state index in [0.717, 1.165) is 0 Å². The highest BCUT2D eigenvalue weighted by atomic mass is 32.2. The van der Waals surface area contributed by atoms with Crippen molar-refractivity contribution < 1.29 is 18.3 Å². The Balaban J connectivity index is 3.85. The fraction of sp³-hybridized carbons (Fsp3) is 0.632. The number of amides is 1. The lowest BCUT2D eigenvalue weighted by Gasteiger charge is -2.35. The number of hydrogen-bond donors (Lipinski definition) is 1. The van der Waals surface area contributed by atoms with E-state index in [-0.39, 0.29) is 29.6 Å². The molecular formula is C19H32N2O4S. The van der Waals surface area contributed by atoms with Crippen LogP contribution in [0.1, 0.15) is 78.4 Å². The molecule has 1 rings (SSSR count). The van der Waals surface area contributed by atoms with Crippen LogP contribution in [-0.2, 0) is 10.2 Å². The minimum Gasteiger partial charge on any atom is -0.464 e. The molecule has 0 bridgehead atoms. The van der Waals surface area contributed by atoms with Gasteiger partial charge in [-0.3, -0.25) is 0 Å². The number of rotatable bonds is 7. The van der Waals surface area contributed by atoms with Crippen molar-refractivity contribution in [3.05, 3.63) is 29.3 Å². The third-order valence-corrected chi connectivity index (χ3v) is 6.41. The summed E-state index contributed by atoms with van der Waals surface area (Å²) in [6, 6.07) is 4.72. The van der Waals surface area contributed by atoms with E-state index < -0.39 is 16.3 Å². The van der Waals surface area contributed by atoms with Crippen molar-refractivity contribution in [1.29, 1.82) is 0 Å². The van der Waals surface area contributed by atoms with Crippen molar-refractivity contribution in [1.82, 2.24) is 4.31 Å². The minimum absolute atomic E-state index is 0.0210. The maximum Gasteiger partial charge on any atom is 0.426 e. The molecule has 0 atom stereocenters. The smallest absolute Gasteiger partial charge is 0.426 e. The number of carbonyl (C=O) groups is 1. The zero-order chi connectivity index (χ0) is 20.4. The Hall–Kier alpha value is -1.60. The maximum atomic E-state index is 13.4. The van der Waals surface area contributed by atoms with Gasteiger partial charge in [0.1, 0.15) is 0 Å². The molecule has 0 spiro atoms. The molecule has 1 aromatic carbocycles. The van der Waals surface area contributed by atoms with Crippen LogP contribution in [0.3, 0.4) is 0 Å². The molecule has 0 unspecified atom stereocenters. The van der Waals surface area contributed by atoms with Crippen molar-refractivity contribution in [3.8, 4) is 0 Å². The molecule has 0 saturated heterocycles. The third kappa shape index (κ3) is 4.38. The summed E-state index contributed by atoms with van der Waals surface area (Å²) in [6.45, 7) is 14.7. The summed E-state index contributed by atoms with van der Waals surface area (Å²) < 4.78 is 28.6. The van der Waals surface area contributed by atoms with Crippen molar-refractivity contribution >= 4 is 22.0 Å². The summed E-state index contributed by atoms with van der Waals surface area (Å²) in [4.78, 5) is 12.2. The molecule has 6 nitrogen and oxygen atoms in total. The van der Waals surface area contributed by atoms with Crippen LogP contribution in [0.25, 0.3) is 0 Å². The second-order valence-corrected chi connectivity index (χ2v) is 9.35. The number of benzene rings is 1. The fourth-order valence-electron chi connectivity index (χ4n) is 3.28. The summed E-state index contributed by atoms with van der Waals surface area (Å²) in [5, 5.41) is 9.91. The largest absolute Gasteiger partial charge is 0.464 e. The molecule has 0 fully saturated rings. The number of anilines is 1. The van der Waals surface area contributed by atoms with E-state index in [9.17, 15) is 18.3 Å². The SMILES string of the molecule is CC(C)c1cccc(C(C)C)c1N(C(=O)O)S(=O)(=O)N(C(C)C)C(C)C. The van der Waals surface area contributed by atoms with Gasteiger partial charge in [0.2, 0.25) is 0 Å². The molecule has 26 heavy (non-hydrogen) atoms. The predicted octanol–water partition coefficient (Wildman–Crippen LogP) is 4.78. The number of para-hydroxylation sites is 1. The molecule has 0 aliphatic rings. The first-order valence-corrected chi connectivity index (χ1v) is 10.4. The number of carboxylic acid groups (broad SMARTS) is 1. The van der Waals surface area contributed by atoms with E-state index in [1.165, 1.54) is 4.31 Å². The quantitative estimate of drug-likeness (QED) is 0.734. The van der Waals surface area contributed by atoms with Crippen LogP contribution < -0.4 is 4.31 Å². The van der Waals surface area contributed by atoms with E-state index in [4.69, 9.17) is 0 Å². The number of nitrogens with zero attached hydrogens (tertiary/aromatic N) is 2. The molecule has 0 radical (unpaired) electrons. The Kier molecular flexibility index (Phi) is 7.24. The Morgan fingerprint density at radius 1 is 0.885 bits per heavy atom. The van der Waals surface area contributed by atoms with Gasteiger partial charge in [0.25, 0.3) is 0 Å². The van der Waals surface area contributed by atoms with Crippen molar-refractivity contribution in [2.45, 2.75) is 79.3 Å². The van der Waals surface area contributed by atoms with E-state index in [0.29, 0.717) is 15.4 Å². The highest BCUT2D eigenvalue weighted by Gasteiger charge is 2.40. The first-order valence-electron chi connectivity index (χ1n) is 9.03. The summed E-state index contributed by atoms with van der Waals surface area (Å²) in [5.74, 6) is -0.0420. The highest BCUT2D eigenvalue weighted by molar-refractivity contribution is 7.91. The standard InChI is InChI=1S/C19H32N2O4S/c1-12(2)16-10-9-11-17(13(3)4)18(16)21(19(22)23)26(24,25)20(14(5)6)15(7)8/h9-15H,1-8H3,(H,22,23). The molecule has 7 heteroatoms. The average Bonchev–Trinajstić information content (AvgIpc) is 2.44. The van der Waals surface area contributed by atoms with Crippen LogP contribution >= 0.6 is 0 Å². The third-order valence-electron chi connectivity index (χ3n) is 4.23. The molecule has 1 aromatic rings. The van der Waals surface area contributed by atoms with Crippen LogP contribution in [0.4, 0.5) is 10.5 Å². The first-order chi connectivity index (χ1) is 11.8. The van der Waals surface area contributed by atoms with Crippen molar-refractivity contribution in [3.63, 3.8) is 0 Å². The van der Waals surface area contributed by atoms with Gasteiger partial charge >= 0.3 is 16.3 Å². The predicted molar refractivity (Wildman–Crippen MR) is 106 cm³/mol. The second kappa shape index (κ2) is 8.39. The summed E-state index contributed by atoms with van der Waals surface area (Å²) >= 11 is 0. The van der Waals surface area contributed by atoms with Gasteiger partial charge in [0.05, 0.1) is 5.69 Å². The Morgan fingerprint density at radius 3 is 1.54 bits per heavy atom. The molecule has 0 aromatic heterocycles. The lowest BCUT2D eigenvalue weighted by atomic mass is 9.93. The molecule has 1 N–H and O–H groups in total. The van der Waals surface area contributed by atoms with Crippen LogP contribution in [0, 0.1) is 0 Å².